The van der Waals surface area contributed by atoms with Crippen molar-refractivity contribution in [2.24, 2.45) is 11.5 Å². The largest absolute Gasteiger partial charge is 0.462 e. The van der Waals surface area contributed by atoms with Crippen LogP contribution in [0.4, 0.5) is 0 Å². The van der Waals surface area contributed by atoms with Gasteiger partial charge < -0.3 is 72.7 Å². The highest BCUT2D eigenvalue weighted by atomic mass is 31.2. The van der Waals surface area contributed by atoms with Crippen LogP contribution < -0.4 is 11.5 Å². The summed E-state index contributed by atoms with van der Waals surface area (Å²) in [7, 11) is -10.2. The number of carbonyl (C=O) groups excluding carboxylic acids is 6. The van der Waals surface area contributed by atoms with Gasteiger partial charge in [-0.15, -0.1) is 0 Å². The number of aliphatic hydroxyl groups is 2. The highest BCUT2D eigenvalue weighted by molar-refractivity contribution is 7.53. The molecule has 0 fully saturated rings. The van der Waals surface area contributed by atoms with E-state index in [4.69, 9.17) is 72.1 Å². The second-order valence-corrected chi connectivity index (χ2v) is 26.8. The molecule has 0 aliphatic carbocycles. The number of carbonyl (C=O) groups is 6. The lowest BCUT2D eigenvalue weighted by molar-refractivity contribution is -0.161. The molecule has 6 unspecified atom stereocenters. The molecule has 510 valence electrons. The minimum atomic E-state index is -3.60. The van der Waals surface area contributed by atoms with Gasteiger partial charge in [-0.3, -0.25) is 47.0 Å². The topological polar surface area (TPSA) is 357 Å². The third kappa shape index (κ3) is 60.0. The van der Waals surface area contributed by atoms with E-state index in [2.05, 4.69) is 13.8 Å². The predicted molar refractivity (Wildman–Crippen MR) is 328 cm³/mol. The lowest BCUT2D eigenvalue weighted by atomic mass is 10.1. The van der Waals surface area contributed by atoms with E-state index in [0.717, 1.165) is 38.5 Å². The zero-order chi connectivity index (χ0) is 65.3. The third-order valence-electron chi connectivity index (χ3n) is 12.3. The van der Waals surface area contributed by atoms with Gasteiger partial charge in [-0.25, -0.2) is 0 Å². The van der Waals surface area contributed by atoms with Gasteiger partial charge in [0.05, 0.1) is 39.6 Å². The van der Waals surface area contributed by atoms with Gasteiger partial charge in [-0.1, -0.05) is 170 Å². The Kier molecular flexibility index (Phi) is 59.4. The Bertz CT molecular complexity index is 1870. The zero-order valence-electron chi connectivity index (χ0n) is 53.9. The van der Waals surface area contributed by atoms with Gasteiger partial charge >= 0.3 is 58.6 Å². The molecule has 0 saturated heterocycles. The summed E-state index contributed by atoms with van der Waals surface area (Å²) in [6, 6.07) is 0. The predicted octanol–water partition coefficient (Wildman–Crippen LogP) is 11.2. The average Bonchev–Trinajstić information content (AvgIpc) is 3.70. The molecule has 28 heteroatoms. The number of esters is 6. The molecule has 0 aliphatic rings. The molecule has 6 N–H and O–H groups in total. The van der Waals surface area contributed by atoms with E-state index in [0.29, 0.717) is 6.42 Å². The smallest absolute Gasteiger partial charge is 0.329 e. The molecule has 0 heterocycles. The van der Waals surface area contributed by atoms with Crippen molar-refractivity contribution in [3.63, 3.8) is 0 Å². The summed E-state index contributed by atoms with van der Waals surface area (Å²) in [5.41, 5.74) is 10.4. The van der Waals surface area contributed by atoms with Crippen molar-refractivity contribution in [3.8, 4) is 0 Å². The Morgan fingerprint density at radius 1 is 0.372 bits per heavy atom. The minimum absolute atomic E-state index is 0.0953. The SMILES string of the molecule is CCC(=O)OCC(COP(C)(=O)OCCN)OC(=O)CC.CCC(=O)OCC(COP(C)(=O)OCN)OC(=O)CC.CCCCCCCCCCCCCC(=O)OC[C@H](COP(C)(=O)OCC(O)CO)OC(=O)CCCCCCCCCCCCC. The first-order chi connectivity index (χ1) is 40.9. The second kappa shape index (κ2) is 58.5. The molecule has 0 aromatic heterocycles. The van der Waals surface area contributed by atoms with E-state index in [1.165, 1.54) is 123 Å². The van der Waals surface area contributed by atoms with Gasteiger partial charge in [-0.2, -0.15) is 0 Å². The Morgan fingerprint density at radius 3 is 0.988 bits per heavy atom. The third-order valence-corrected chi connectivity index (χ3v) is 16.0. The van der Waals surface area contributed by atoms with Crippen molar-refractivity contribution in [1.29, 1.82) is 0 Å². The first-order valence-electron chi connectivity index (χ1n) is 31.3. The molecule has 0 aromatic rings. The summed E-state index contributed by atoms with van der Waals surface area (Å²) in [6.45, 7) is 12.7. The molecule has 7 atom stereocenters. The summed E-state index contributed by atoms with van der Waals surface area (Å²) < 4.78 is 97.2. The molecule has 0 aromatic carbocycles. The Labute approximate surface area is 515 Å². The van der Waals surface area contributed by atoms with Crippen molar-refractivity contribution in [1.82, 2.24) is 0 Å². The minimum Gasteiger partial charge on any atom is -0.462 e. The molecule has 0 bridgehead atoms. The molecule has 25 nitrogen and oxygen atoms in total. The molecule has 86 heavy (non-hydrogen) atoms. The van der Waals surface area contributed by atoms with Crippen molar-refractivity contribution < 1.29 is 108 Å². The maximum absolute atomic E-state index is 12.6. The van der Waals surface area contributed by atoms with Gasteiger partial charge in [-0.05, 0) is 12.8 Å². The maximum atomic E-state index is 12.6. The fourth-order valence-electron chi connectivity index (χ4n) is 7.23. The van der Waals surface area contributed by atoms with Crippen molar-refractivity contribution in [2.75, 3.05) is 92.7 Å². The van der Waals surface area contributed by atoms with Crippen LogP contribution in [-0.4, -0.2) is 163 Å². The number of hydrogen-bond acceptors (Lipinski definition) is 25. The summed E-state index contributed by atoms with van der Waals surface area (Å²) >= 11 is 0. The van der Waals surface area contributed by atoms with Crippen LogP contribution in [0.5, 0.6) is 0 Å². The number of hydrogen-bond donors (Lipinski definition) is 4. The molecular weight excluding hydrogens is 1190 g/mol. The van der Waals surface area contributed by atoms with Gasteiger partial charge in [0.2, 0.25) is 0 Å². The summed E-state index contributed by atoms with van der Waals surface area (Å²) in [5, 5.41) is 18.4. The highest BCUT2D eigenvalue weighted by Gasteiger charge is 2.27. The Hall–Kier alpha value is -2.89. The van der Waals surface area contributed by atoms with Crippen molar-refractivity contribution >= 4 is 58.6 Å². The number of unbranched alkanes of at least 4 members (excludes halogenated alkanes) is 20. The van der Waals surface area contributed by atoms with Crippen LogP contribution in [0, 0.1) is 0 Å². The number of aliphatic hydroxyl groups excluding tert-OH is 2. The fourth-order valence-corrected chi connectivity index (χ4v) is 9.91. The van der Waals surface area contributed by atoms with Crippen LogP contribution in [0.2, 0.25) is 0 Å². The van der Waals surface area contributed by atoms with E-state index >= 15 is 0 Å². The summed E-state index contributed by atoms with van der Waals surface area (Å²) in [5.74, 6) is -2.57. The van der Waals surface area contributed by atoms with Crippen LogP contribution in [0.3, 0.4) is 0 Å². The van der Waals surface area contributed by atoms with Crippen LogP contribution >= 0.6 is 22.8 Å². The Balaban J connectivity index is -0.00000139. The van der Waals surface area contributed by atoms with E-state index in [9.17, 15) is 47.6 Å². The van der Waals surface area contributed by atoms with Crippen molar-refractivity contribution in [2.45, 2.75) is 246 Å². The van der Waals surface area contributed by atoms with Gasteiger partial charge in [0.1, 0.15) is 32.7 Å². The van der Waals surface area contributed by atoms with Crippen LogP contribution in [0.15, 0.2) is 0 Å². The molecule has 0 aliphatic heterocycles. The quantitative estimate of drug-likeness (QED) is 0.0144. The standard InChI is InChI=1S/C35H69O9P.C12H24NO7P.C11H22NO7P/c1-4-6-8-10-12-14-16-18-20-22-24-26-34(38)41-30-33(31-43-45(3,40)42-29-32(37)28-36)44-35(39)27-25-23-21-19-17-15-13-11-9-7-5-2;1-4-11(14)17-8-10(20-12(15)5-2)9-19-21(3,16)18-7-6-13;1-4-10(13)16-6-9(19-11(14)5-2)7-17-20(3,15)18-8-12/h32-33,36-37H,4-31H2,1-3H3;10H,4-9,13H2,1-3H3;9H,4-8,12H2,1-3H3/t32?,33-,45?;;/m1../s1. The summed E-state index contributed by atoms with van der Waals surface area (Å²) in [4.78, 5) is 69.6. The molecule has 0 amide bonds. The van der Waals surface area contributed by atoms with Gasteiger partial charge in [0.15, 0.2) is 18.3 Å². The highest BCUT2D eigenvalue weighted by Crippen LogP contribution is 2.45. The fraction of sp³-hybridized carbons (Fsp3) is 0.897. The van der Waals surface area contributed by atoms with Gasteiger partial charge in [0.25, 0.3) is 0 Å². The van der Waals surface area contributed by atoms with Crippen molar-refractivity contribution in [3.05, 3.63) is 0 Å². The van der Waals surface area contributed by atoms with Crippen LogP contribution in [0.25, 0.3) is 0 Å². The second-order valence-electron chi connectivity index (χ2n) is 20.6. The number of nitrogens with two attached hydrogens (primary N) is 2. The lowest BCUT2D eigenvalue weighted by Crippen LogP contribution is -2.29. The monoisotopic (exact) mass is 1300 g/mol. The number of rotatable bonds is 55. The van der Waals surface area contributed by atoms with E-state index in [-0.39, 0.29) is 104 Å². The van der Waals surface area contributed by atoms with E-state index in [1.807, 2.05) is 0 Å². The maximum Gasteiger partial charge on any atom is 0.329 e. The van der Waals surface area contributed by atoms with Crippen LogP contribution in [-0.2, 0) is 98.0 Å². The molecule has 0 saturated carbocycles. The van der Waals surface area contributed by atoms with Crippen LogP contribution in [0.1, 0.15) is 221 Å². The molecule has 0 rings (SSSR count). The average molecular weight is 1300 g/mol. The molecule has 0 radical (unpaired) electrons. The van der Waals surface area contributed by atoms with E-state index in [1.54, 1.807) is 27.7 Å². The normalized spacial score (nSPS) is 14.6. The lowest BCUT2D eigenvalue weighted by Gasteiger charge is -2.21. The summed E-state index contributed by atoms with van der Waals surface area (Å²) in [6.07, 6.45) is 23.6. The first kappa shape index (κ1) is 87.3. The van der Waals surface area contributed by atoms with E-state index < -0.39 is 83.7 Å². The zero-order valence-corrected chi connectivity index (χ0v) is 56.5. The number of ether oxygens (including phenoxy) is 6. The Morgan fingerprint density at radius 2 is 0.663 bits per heavy atom. The van der Waals surface area contributed by atoms with Gasteiger partial charge in [0, 0.05) is 65.1 Å². The molecule has 0 spiro atoms. The first-order valence-corrected chi connectivity index (χ1v) is 37.2. The molecular formula is C58H115N2O23P3.